The van der Waals surface area contributed by atoms with Gasteiger partial charge < -0.3 is 9.80 Å². The molecule has 2 heteroatoms. The summed E-state index contributed by atoms with van der Waals surface area (Å²) in [6.45, 7) is 16.9. The first-order valence-electron chi connectivity index (χ1n) is 6.46. The van der Waals surface area contributed by atoms with E-state index in [4.69, 9.17) is 0 Å². The van der Waals surface area contributed by atoms with Crippen molar-refractivity contribution in [2.24, 2.45) is 5.41 Å². The predicted molar refractivity (Wildman–Crippen MR) is 67.2 cm³/mol. The Bertz CT molecular complexity index is 164. The fraction of sp³-hybridized carbons (Fsp3) is 1.00. The van der Waals surface area contributed by atoms with Gasteiger partial charge in [-0.25, -0.2) is 0 Å². The summed E-state index contributed by atoms with van der Waals surface area (Å²) in [7, 11) is 0. The van der Waals surface area contributed by atoms with Crippen LogP contribution in [-0.2, 0) is 0 Å². The third-order valence-corrected chi connectivity index (χ3v) is 2.99. The molecule has 0 unspecified atom stereocenters. The minimum atomic E-state index is 0.450. The van der Waals surface area contributed by atoms with E-state index in [2.05, 4.69) is 37.5 Å². The fourth-order valence-electron chi connectivity index (χ4n) is 2.22. The van der Waals surface area contributed by atoms with Crippen molar-refractivity contribution in [3.05, 3.63) is 0 Å². The van der Waals surface area contributed by atoms with Crippen molar-refractivity contribution < 1.29 is 0 Å². The third-order valence-electron chi connectivity index (χ3n) is 2.99. The lowest BCUT2D eigenvalue weighted by molar-refractivity contribution is 0.102. The molecule has 0 aromatic carbocycles. The minimum Gasteiger partial charge on any atom is -0.301 e. The van der Waals surface area contributed by atoms with E-state index in [1.807, 2.05) is 0 Å². The van der Waals surface area contributed by atoms with Crippen LogP contribution in [0.15, 0.2) is 0 Å². The van der Waals surface area contributed by atoms with Crippen LogP contribution in [0.2, 0.25) is 0 Å². The molecule has 0 radical (unpaired) electrons. The van der Waals surface area contributed by atoms with Crippen molar-refractivity contribution in [3.8, 4) is 0 Å². The van der Waals surface area contributed by atoms with Gasteiger partial charge in [-0.15, -0.1) is 0 Å². The smallest absolute Gasteiger partial charge is 0.0110 e. The Kier molecular flexibility index (Phi) is 5.07. The Morgan fingerprint density at radius 3 is 1.93 bits per heavy atom. The second-order valence-electron chi connectivity index (χ2n) is 6.03. The van der Waals surface area contributed by atoms with Crippen LogP contribution in [-0.4, -0.2) is 49.1 Å². The SMILES string of the molecule is CCCCN1CCN(CC(C)(C)C)CC1. The van der Waals surface area contributed by atoms with E-state index >= 15 is 0 Å². The van der Waals surface area contributed by atoms with E-state index in [1.165, 1.54) is 52.1 Å². The van der Waals surface area contributed by atoms with Crippen LogP contribution in [0.25, 0.3) is 0 Å². The van der Waals surface area contributed by atoms with Crippen LogP contribution >= 0.6 is 0 Å². The Morgan fingerprint density at radius 2 is 1.47 bits per heavy atom. The molecule has 0 aromatic heterocycles. The molecule has 0 aromatic rings. The summed E-state index contributed by atoms with van der Waals surface area (Å²) in [6.07, 6.45) is 2.68. The van der Waals surface area contributed by atoms with E-state index in [-0.39, 0.29) is 0 Å². The van der Waals surface area contributed by atoms with Gasteiger partial charge in [-0.2, -0.15) is 0 Å². The number of nitrogens with zero attached hydrogens (tertiary/aromatic N) is 2. The molecule has 0 atom stereocenters. The summed E-state index contributed by atoms with van der Waals surface area (Å²) in [5, 5.41) is 0. The maximum absolute atomic E-state index is 2.61. The summed E-state index contributed by atoms with van der Waals surface area (Å²) < 4.78 is 0. The second-order valence-corrected chi connectivity index (χ2v) is 6.03. The highest BCUT2D eigenvalue weighted by Crippen LogP contribution is 2.16. The Balaban J connectivity index is 2.18. The van der Waals surface area contributed by atoms with Crippen molar-refractivity contribution in [2.75, 3.05) is 39.3 Å². The zero-order valence-corrected chi connectivity index (χ0v) is 11.1. The first kappa shape index (κ1) is 13.0. The highest BCUT2D eigenvalue weighted by atomic mass is 15.3. The first-order valence-corrected chi connectivity index (χ1v) is 6.46. The van der Waals surface area contributed by atoms with Crippen LogP contribution < -0.4 is 0 Å². The molecule has 0 bridgehead atoms. The zero-order valence-electron chi connectivity index (χ0n) is 11.1. The molecule has 1 heterocycles. The van der Waals surface area contributed by atoms with Gasteiger partial charge in [0.15, 0.2) is 0 Å². The molecule has 0 aliphatic carbocycles. The Hall–Kier alpha value is -0.0800. The summed E-state index contributed by atoms with van der Waals surface area (Å²) in [4.78, 5) is 5.23. The van der Waals surface area contributed by atoms with E-state index in [9.17, 15) is 0 Å². The summed E-state index contributed by atoms with van der Waals surface area (Å²) >= 11 is 0. The quantitative estimate of drug-likeness (QED) is 0.706. The van der Waals surface area contributed by atoms with Gasteiger partial charge in [0.25, 0.3) is 0 Å². The lowest BCUT2D eigenvalue weighted by Crippen LogP contribution is -2.48. The van der Waals surface area contributed by atoms with Crippen LogP contribution in [0.1, 0.15) is 40.5 Å². The maximum atomic E-state index is 2.61. The monoisotopic (exact) mass is 212 g/mol. The molecule has 15 heavy (non-hydrogen) atoms. The van der Waals surface area contributed by atoms with E-state index < -0.39 is 0 Å². The molecular weight excluding hydrogens is 184 g/mol. The summed E-state index contributed by atoms with van der Waals surface area (Å²) in [6, 6.07) is 0. The van der Waals surface area contributed by atoms with Gasteiger partial charge in [0, 0.05) is 32.7 Å². The molecule has 1 rings (SSSR count). The van der Waals surface area contributed by atoms with E-state index in [0.717, 1.165) is 0 Å². The van der Waals surface area contributed by atoms with Crippen LogP contribution in [0.4, 0.5) is 0 Å². The van der Waals surface area contributed by atoms with Crippen LogP contribution in [0, 0.1) is 5.41 Å². The number of unbranched alkanes of at least 4 members (excludes halogenated alkanes) is 1. The molecular formula is C13H28N2. The molecule has 0 spiro atoms. The lowest BCUT2D eigenvalue weighted by Gasteiger charge is -2.37. The highest BCUT2D eigenvalue weighted by Gasteiger charge is 2.20. The number of hydrogen-bond acceptors (Lipinski definition) is 2. The minimum absolute atomic E-state index is 0.450. The predicted octanol–water partition coefficient (Wildman–Crippen LogP) is 2.45. The Labute approximate surface area is 95.6 Å². The molecule has 2 nitrogen and oxygen atoms in total. The van der Waals surface area contributed by atoms with Gasteiger partial charge in [0.1, 0.15) is 0 Å². The molecule has 1 aliphatic rings. The molecule has 1 fully saturated rings. The van der Waals surface area contributed by atoms with Crippen molar-refractivity contribution >= 4 is 0 Å². The first-order chi connectivity index (χ1) is 7.01. The summed E-state index contributed by atoms with van der Waals surface area (Å²) in [5.74, 6) is 0. The average molecular weight is 212 g/mol. The normalized spacial score (nSPS) is 20.8. The van der Waals surface area contributed by atoms with Crippen molar-refractivity contribution in [2.45, 2.75) is 40.5 Å². The molecule has 1 aliphatic heterocycles. The third kappa shape index (κ3) is 5.53. The summed E-state index contributed by atoms with van der Waals surface area (Å²) in [5.41, 5.74) is 0.450. The van der Waals surface area contributed by atoms with E-state index in [0.29, 0.717) is 5.41 Å². The Morgan fingerprint density at radius 1 is 0.933 bits per heavy atom. The van der Waals surface area contributed by atoms with Crippen LogP contribution in [0.3, 0.4) is 0 Å². The van der Waals surface area contributed by atoms with Gasteiger partial charge in [0.05, 0.1) is 0 Å². The highest BCUT2D eigenvalue weighted by molar-refractivity contribution is 4.76. The molecule has 0 N–H and O–H groups in total. The van der Waals surface area contributed by atoms with Crippen molar-refractivity contribution in [1.29, 1.82) is 0 Å². The van der Waals surface area contributed by atoms with Gasteiger partial charge in [0.2, 0.25) is 0 Å². The largest absolute Gasteiger partial charge is 0.301 e. The van der Waals surface area contributed by atoms with Crippen molar-refractivity contribution in [1.82, 2.24) is 9.80 Å². The van der Waals surface area contributed by atoms with Crippen LogP contribution in [0.5, 0.6) is 0 Å². The molecule has 90 valence electrons. The molecule has 1 saturated heterocycles. The molecule has 0 amide bonds. The molecule has 0 saturated carbocycles. The maximum Gasteiger partial charge on any atom is 0.0110 e. The van der Waals surface area contributed by atoms with Gasteiger partial charge in [-0.1, -0.05) is 34.1 Å². The van der Waals surface area contributed by atoms with Gasteiger partial charge in [-0.05, 0) is 18.4 Å². The van der Waals surface area contributed by atoms with E-state index in [1.54, 1.807) is 0 Å². The van der Waals surface area contributed by atoms with Gasteiger partial charge in [-0.3, -0.25) is 0 Å². The zero-order chi connectivity index (χ0) is 11.3. The average Bonchev–Trinajstić information content (AvgIpc) is 2.14. The number of hydrogen-bond donors (Lipinski definition) is 0. The number of piperazine rings is 1. The number of rotatable bonds is 4. The standard InChI is InChI=1S/C13H28N2/c1-5-6-7-14-8-10-15(11-9-14)12-13(2,3)4/h5-12H2,1-4H3. The van der Waals surface area contributed by atoms with Crippen molar-refractivity contribution in [3.63, 3.8) is 0 Å². The fourth-order valence-corrected chi connectivity index (χ4v) is 2.22. The topological polar surface area (TPSA) is 6.48 Å². The van der Waals surface area contributed by atoms with Gasteiger partial charge >= 0.3 is 0 Å². The second kappa shape index (κ2) is 5.86. The lowest BCUT2D eigenvalue weighted by atomic mass is 9.96.